The van der Waals surface area contributed by atoms with Crippen molar-refractivity contribution in [3.05, 3.63) is 41.2 Å². The van der Waals surface area contributed by atoms with E-state index in [-0.39, 0.29) is 5.78 Å². The van der Waals surface area contributed by atoms with Crippen LogP contribution in [0.2, 0.25) is 0 Å². The number of nitrogen functional groups attached to an aromatic ring is 1. The molecule has 20 heavy (non-hydrogen) atoms. The molecule has 0 unspecified atom stereocenters. The van der Waals surface area contributed by atoms with Gasteiger partial charge in [0.25, 0.3) is 0 Å². The first-order chi connectivity index (χ1) is 9.58. The van der Waals surface area contributed by atoms with Gasteiger partial charge in [0.15, 0.2) is 5.78 Å². The maximum atomic E-state index is 11.4. The van der Waals surface area contributed by atoms with Crippen LogP contribution in [-0.2, 0) is 6.42 Å². The Kier molecular flexibility index (Phi) is 4.40. The van der Waals surface area contributed by atoms with Crippen LogP contribution in [0.5, 0.6) is 0 Å². The minimum Gasteiger partial charge on any atom is -0.398 e. The summed E-state index contributed by atoms with van der Waals surface area (Å²) in [5, 5.41) is 10.2. The molecule has 0 aliphatic carbocycles. The molecule has 0 atom stereocenters. The number of aryl methyl sites for hydroxylation is 2. The van der Waals surface area contributed by atoms with Gasteiger partial charge in [0, 0.05) is 29.2 Å². The minimum absolute atomic E-state index is 0.0137. The lowest BCUT2D eigenvalue weighted by atomic mass is 10.1. The molecule has 1 aromatic heterocycles. The Morgan fingerprint density at radius 1 is 1.45 bits per heavy atom. The molecule has 0 radical (unpaired) electrons. The quantitative estimate of drug-likeness (QED) is 0.428. The summed E-state index contributed by atoms with van der Waals surface area (Å²) in [6, 6.07) is 5.46. The fourth-order valence-electron chi connectivity index (χ4n) is 2.11. The first-order valence-corrected chi connectivity index (χ1v) is 6.71. The number of H-pyrrole nitrogens is 1. The number of nitrogens with two attached hydrogens (primary N) is 1. The van der Waals surface area contributed by atoms with Crippen molar-refractivity contribution in [1.29, 1.82) is 0 Å². The van der Waals surface area contributed by atoms with Crippen molar-refractivity contribution in [3.63, 3.8) is 0 Å². The Morgan fingerprint density at radius 2 is 2.25 bits per heavy atom. The molecule has 5 heteroatoms. The van der Waals surface area contributed by atoms with Crippen LogP contribution in [0, 0.1) is 6.92 Å². The van der Waals surface area contributed by atoms with Gasteiger partial charge >= 0.3 is 0 Å². The predicted octanol–water partition coefficient (Wildman–Crippen LogP) is 2.55. The van der Waals surface area contributed by atoms with Gasteiger partial charge in [-0.25, -0.2) is 0 Å². The molecule has 1 aromatic carbocycles. The fraction of sp³-hybridized carbons (Fsp3) is 0.333. The molecular weight excluding hydrogens is 252 g/mol. The lowest BCUT2D eigenvalue weighted by Gasteiger charge is -2.09. The van der Waals surface area contributed by atoms with Crippen LogP contribution < -0.4 is 11.1 Å². The number of hydrogen-bond donors (Lipinski definition) is 3. The summed E-state index contributed by atoms with van der Waals surface area (Å²) >= 11 is 0. The summed E-state index contributed by atoms with van der Waals surface area (Å²) in [6.45, 7) is 4.39. The van der Waals surface area contributed by atoms with E-state index >= 15 is 0 Å². The van der Waals surface area contributed by atoms with Crippen LogP contribution in [0.3, 0.4) is 0 Å². The zero-order chi connectivity index (χ0) is 14.5. The highest BCUT2D eigenvalue weighted by atomic mass is 16.1. The normalized spacial score (nSPS) is 10.5. The summed E-state index contributed by atoms with van der Waals surface area (Å²) < 4.78 is 0. The van der Waals surface area contributed by atoms with Gasteiger partial charge in [0.05, 0.1) is 6.20 Å². The number of carbonyl (C=O) groups is 1. The second kappa shape index (κ2) is 6.23. The molecule has 0 amide bonds. The maximum Gasteiger partial charge on any atom is 0.161 e. The van der Waals surface area contributed by atoms with Gasteiger partial charge < -0.3 is 11.1 Å². The van der Waals surface area contributed by atoms with Crippen molar-refractivity contribution in [2.75, 3.05) is 17.6 Å². The Labute approximate surface area is 118 Å². The second-order valence-electron chi connectivity index (χ2n) is 4.91. The molecule has 0 saturated carbocycles. The van der Waals surface area contributed by atoms with Gasteiger partial charge in [0.2, 0.25) is 0 Å². The second-order valence-corrected chi connectivity index (χ2v) is 4.91. The highest BCUT2D eigenvalue weighted by Gasteiger charge is 2.05. The topological polar surface area (TPSA) is 83.8 Å². The van der Waals surface area contributed by atoms with E-state index in [4.69, 9.17) is 5.73 Å². The molecule has 0 aliphatic rings. The van der Waals surface area contributed by atoms with Crippen molar-refractivity contribution in [3.8, 4) is 0 Å². The number of rotatable bonds is 6. The molecule has 0 spiro atoms. The van der Waals surface area contributed by atoms with Gasteiger partial charge in [-0.05, 0) is 50.5 Å². The van der Waals surface area contributed by atoms with Gasteiger partial charge in [-0.3, -0.25) is 9.89 Å². The Morgan fingerprint density at radius 3 is 2.90 bits per heavy atom. The monoisotopic (exact) mass is 272 g/mol. The molecule has 0 saturated heterocycles. The number of aromatic amines is 1. The molecule has 5 nitrogen and oxygen atoms in total. The predicted molar refractivity (Wildman–Crippen MR) is 81.0 cm³/mol. The minimum atomic E-state index is -0.0137. The molecule has 0 bridgehead atoms. The van der Waals surface area contributed by atoms with Gasteiger partial charge in [-0.15, -0.1) is 0 Å². The third-order valence-electron chi connectivity index (χ3n) is 3.32. The van der Waals surface area contributed by atoms with E-state index in [0.29, 0.717) is 11.3 Å². The largest absolute Gasteiger partial charge is 0.398 e. The number of benzene rings is 1. The molecule has 1 heterocycles. The Hall–Kier alpha value is -2.30. The summed E-state index contributed by atoms with van der Waals surface area (Å²) in [5.74, 6) is -0.0137. The van der Waals surface area contributed by atoms with E-state index in [1.54, 1.807) is 12.1 Å². The fourth-order valence-corrected chi connectivity index (χ4v) is 2.11. The van der Waals surface area contributed by atoms with Crippen molar-refractivity contribution in [1.82, 2.24) is 10.2 Å². The number of ketones is 1. The van der Waals surface area contributed by atoms with Crippen LogP contribution in [0.25, 0.3) is 0 Å². The summed E-state index contributed by atoms with van der Waals surface area (Å²) in [4.78, 5) is 11.4. The number of carbonyl (C=O) groups excluding carboxylic acids is 1. The standard InChI is InChI=1S/C15H20N4O/c1-10-12(9-18-19-10)4-3-7-17-13-5-6-15(16)14(8-13)11(2)20/h5-6,8-9,17H,3-4,7,16H2,1-2H3,(H,18,19). The number of hydrogen-bond acceptors (Lipinski definition) is 4. The smallest absolute Gasteiger partial charge is 0.161 e. The highest BCUT2D eigenvalue weighted by molar-refractivity contribution is 5.99. The molecule has 4 N–H and O–H groups in total. The van der Waals surface area contributed by atoms with Crippen LogP contribution in [0.4, 0.5) is 11.4 Å². The number of anilines is 2. The third kappa shape index (κ3) is 3.38. The number of Topliss-reactive ketones (excluding diaryl/α,β-unsaturated/α-hetero) is 1. The number of aromatic nitrogens is 2. The highest BCUT2D eigenvalue weighted by Crippen LogP contribution is 2.18. The zero-order valence-electron chi connectivity index (χ0n) is 11.9. The first kappa shape index (κ1) is 14.1. The van der Waals surface area contributed by atoms with E-state index in [9.17, 15) is 4.79 Å². The summed E-state index contributed by atoms with van der Waals surface area (Å²) in [6.07, 6.45) is 3.84. The lowest BCUT2D eigenvalue weighted by Crippen LogP contribution is -2.06. The van der Waals surface area contributed by atoms with E-state index in [1.807, 2.05) is 19.2 Å². The Bertz CT molecular complexity index is 604. The number of nitrogens with one attached hydrogen (secondary N) is 2. The third-order valence-corrected chi connectivity index (χ3v) is 3.32. The van der Waals surface area contributed by atoms with Gasteiger partial charge in [0.1, 0.15) is 0 Å². The van der Waals surface area contributed by atoms with Crippen LogP contribution in [0.15, 0.2) is 24.4 Å². The van der Waals surface area contributed by atoms with Crippen molar-refractivity contribution in [2.24, 2.45) is 0 Å². The molecule has 0 aliphatic heterocycles. The van der Waals surface area contributed by atoms with E-state index < -0.39 is 0 Å². The zero-order valence-corrected chi connectivity index (χ0v) is 11.9. The molecule has 2 rings (SSSR count). The van der Waals surface area contributed by atoms with Crippen molar-refractivity contribution in [2.45, 2.75) is 26.7 Å². The average Bonchev–Trinajstić information content (AvgIpc) is 2.82. The van der Waals surface area contributed by atoms with E-state index in [2.05, 4.69) is 15.5 Å². The van der Waals surface area contributed by atoms with Crippen LogP contribution in [0.1, 0.15) is 35.0 Å². The molecule has 106 valence electrons. The van der Waals surface area contributed by atoms with Crippen molar-refractivity contribution < 1.29 is 4.79 Å². The SMILES string of the molecule is CC(=O)c1cc(NCCCc2cn[nH]c2C)ccc1N. The van der Waals surface area contributed by atoms with E-state index in [0.717, 1.165) is 30.8 Å². The molecule has 2 aromatic rings. The summed E-state index contributed by atoms with van der Waals surface area (Å²) in [5.41, 5.74) is 10.2. The summed E-state index contributed by atoms with van der Waals surface area (Å²) in [7, 11) is 0. The first-order valence-electron chi connectivity index (χ1n) is 6.71. The number of nitrogens with zero attached hydrogens (tertiary/aromatic N) is 1. The Balaban J connectivity index is 1.87. The van der Waals surface area contributed by atoms with Crippen LogP contribution in [-0.4, -0.2) is 22.5 Å². The van der Waals surface area contributed by atoms with E-state index in [1.165, 1.54) is 12.5 Å². The lowest BCUT2D eigenvalue weighted by molar-refractivity contribution is 0.101. The van der Waals surface area contributed by atoms with Crippen LogP contribution >= 0.6 is 0 Å². The van der Waals surface area contributed by atoms with Crippen molar-refractivity contribution >= 4 is 17.2 Å². The molecular formula is C15H20N4O. The van der Waals surface area contributed by atoms with Gasteiger partial charge in [-0.1, -0.05) is 0 Å². The average molecular weight is 272 g/mol. The maximum absolute atomic E-state index is 11.4. The van der Waals surface area contributed by atoms with Gasteiger partial charge in [-0.2, -0.15) is 5.10 Å². The molecule has 0 fully saturated rings.